The van der Waals surface area contributed by atoms with Crippen LogP contribution in [0, 0.1) is 0 Å². The Bertz CT molecular complexity index is 3680. The summed E-state index contributed by atoms with van der Waals surface area (Å²) in [5, 5.41) is 7.71. The van der Waals surface area contributed by atoms with Gasteiger partial charge in [0.1, 0.15) is 0 Å². The second-order valence-electron chi connectivity index (χ2n) is 18.0. The van der Waals surface area contributed by atoms with E-state index in [1.807, 2.05) is 0 Å². The van der Waals surface area contributed by atoms with E-state index in [1.54, 1.807) is 0 Å². The first-order valence-electron chi connectivity index (χ1n) is 23.6. The van der Waals surface area contributed by atoms with Crippen LogP contribution in [0.25, 0.3) is 76.8 Å². The lowest BCUT2D eigenvalue weighted by Gasteiger charge is -2.35. The SMILES string of the molecule is c1ccc(-c2ccc(N(c3ccc(-c4ccccc4)cc3)c3ccc(C4(c5ccccc5)c5ccccc5-c5ccc(-c6ccc7c8ccccc8c8ccccc8c7c6)cc54)cc3)cc2)cc1. The third-order valence-corrected chi connectivity index (χ3v) is 14.4. The van der Waals surface area contributed by atoms with E-state index in [2.05, 4.69) is 278 Å². The molecule has 1 atom stereocenters. The van der Waals surface area contributed by atoms with Gasteiger partial charge in [-0.2, -0.15) is 0 Å². The van der Waals surface area contributed by atoms with E-state index < -0.39 is 5.41 Å². The zero-order chi connectivity index (χ0) is 45.0. The molecule has 1 aliphatic carbocycles. The number of rotatable bonds is 8. The molecule has 0 aromatic heterocycles. The highest BCUT2D eigenvalue weighted by atomic mass is 15.1. The van der Waals surface area contributed by atoms with Crippen molar-refractivity contribution in [2.24, 2.45) is 0 Å². The Morgan fingerprint density at radius 3 is 1.15 bits per heavy atom. The molecule has 1 heteroatoms. The zero-order valence-electron chi connectivity index (χ0n) is 37.4. The van der Waals surface area contributed by atoms with Gasteiger partial charge in [0, 0.05) is 17.1 Å². The van der Waals surface area contributed by atoms with Crippen molar-refractivity contribution in [2.45, 2.75) is 5.41 Å². The molecule has 0 amide bonds. The fourth-order valence-electron chi connectivity index (χ4n) is 11.2. The third-order valence-electron chi connectivity index (χ3n) is 14.4. The molecule has 0 fully saturated rings. The molecule has 1 unspecified atom stereocenters. The molecule has 1 aliphatic rings. The van der Waals surface area contributed by atoms with E-state index in [0.717, 1.165) is 17.1 Å². The van der Waals surface area contributed by atoms with E-state index in [9.17, 15) is 0 Å². The van der Waals surface area contributed by atoms with Crippen molar-refractivity contribution in [2.75, 3.05) is 4.90 Å². The molecule has 0 saturated heterocycles. The minimum Gasteiger partial charge on any atom is -0.311 e. The second-order valence-corrected chi connectivity index (χ2v) is 18.0. The maximum atomic E-state index is 2.48. The Kier molecular flexibility index (Phi) is 9.47. The second kappa shape index (κ2) is 16.3. The van der Waals surface area contributed by atoms with E-state index in [-0.39, 0.29) is 0 Å². The summed E-state index contributed by atoms with van der Waals surface area (Å²) < 4.78 is 0. The molecule has 13 rings (SSSR count). The molecule has 0 N–H and O–H groups in total. The van der Waals surface area contributed by atoms with Gasteiger partial charge < -0.3 is 4.90 Å². The highest BCUT2D eigenvalue weighted by Gasteiger charge is 2.46. The topological polar surface area (TPSA) is 3.24 Å². The smallest absolute Gasteiger partial charge is 0.0713 e. The van der Waals surface area contributed by atoms with E-state index in [0.29, 0.717) is 0 Å². The minimum atomic E-state index is -0.568. The molecular formula is C67H45N. The van der Waals surface area contributed by atoms with Crippen molar-refractivity contribution >= 4 is 49.4 Å². The van der Waals surface area contributed by atoms with Crippen LogP contribution in [-0.4, -0.2) is 0 Å². The summed E-state index contributed by atoms with van der Waals surface area (Å²) in [6.07, 6.45) is 0. The highest BCUT2D eigenvalue weighted by Crippen LogP contribution is 2.57. The van der Waals surface area contributed by atoms with E-state index in [1.165, 1.54) is 99.1 Å². The maximum absolute atomic E-state index is 2.48. The van der Waals surface area contributed by atoms with Crippen molar-refractivity contribution in [3.63, 3.8) is 0 Å². The Balaban J connectivity index is 0.971. The van der Waals surface area contributed by atoms with Crippen LogP contribution in [0.1, 0.15) is 22.3 Å². The van der Waals surface area contributed by atoms with Crippen LogP contribution in [0.3, 0.4) is 0 Å². The van der Waals surface area contributed by atoms with E-state index >= 15 is 0 Å². The van der Waals surface area contributed by atoms with Crippen LogP contribution < -0.4 is 4.90 Å². The van der Waals surface area contributed by atoms with Gasteiger partial charge in [-0.15, -0.1) is 0 Å². The first-order valence-corrected chi connectivity index (χ1v) is 23.6. The Morgan fingerprint density at radius 2 is 0.588 bits per heavy atom. The summed E-state index contributed by atoms with van der Waals surface area (Å²) >= 11 is 0. The Morgan fingerprint density at radius 1 is 0.221 bits per heavy atom. The average Bonchev–Trinajstić information content (AvgIpc) is 3.72. The van der Waals surface area contributed by atoms with Gasteiger partial charge in [0.25, 0.3) is 0 Å². The normalized spacial score (nSPS) is 13.9. The van der Waals surface area contributed by atoms with Crippen LogP contribution in [0.4, 0.5) is 17.1 Å². The number of nitrogens with zero attached hydrogens (tertiary/aromatic N) is 1. The van der Waals surface area contributed by atoms with Crippen LogP contribution in [0.15, 0.2) is 273 Å². The van der Waals surface area contributed by atoms with Crippen molar-refractivity contribution in [3.05, 3.63) is 295 Å². The van der Waals surface area contributed by atoms with Gasteiger partial charge in [-0.1, -0.05) is 224 Å². The monoisotopic (exact) mass is 863 g/mol. The Hall–Kier alpha value is -8.78. The predicted molar refractivity (Wildman–Crippen MR) is 287 cm³/mol. The van der Waals surface area contributed by atoms with Gasteiger partial charge in [0.2, 0.25) is 0 Å². The van der Waals surface area contributed by atoms with Crippen LogP contribution in [0.2, 0.25) is 0 Å². The molecule has 318 valence electrons. The lowest BCUT2D eigenvalue weighted by atomic mass is 9.67. The molecule has 12 aromatic carbocycles. The standard InChI is InChI=1S/C67H45N/c1-4-16-46(17-5-1)48-28-36-54(37-29-48)68(55-38-30-49(31-39-55)47-18-6-2-7-19-47)56-40-34-53(35-41-56)67(52-20-8-3-9-21-52)65-27-15-14-26-62(65)63-43-33-51(45-66(63)67)50-32-42-61-59-24-11-10-22-57(59)58-23-12-13-25-60(58)64(61)44-50/h1-45H. The average molecular weight is 864 g/mol. The number of hydrogen-bond acceptors (Lipinski definition) is 1. The fraction of sp³-hybridized carbons (Fsp3) is 0.0149. The molecule has 0 radical (unpaired) electrons. The summed E-state index contributed by atoms with van der Waals surface area (Å²) in [7, 11) is 0. The molecular weight excluding hydrogens is 819 g/mol. The third kappa shape index (κ3) is 6.39. The molecule has 0 saturated carbocycles. The minimum absolute atomic E-state index is 0.568. The first kappa shape index (κ1) is 39.6. The molecule has 12 aromatic rings. The van der Waals surface area contributed by atoms with Crippen LogP contribution >= 0.6 is 0 Å². The summed E-state index contributed by atoms with van der Waals surface area (Å²) in [5.41, 5.74) is 17.5. The molecule has 1 nitrogen and oxygen atoms in total. The maximum Gasteiger partial charge on any atom is 0.0713 e. The van der Waals surface area contributed by atoms with Gasteiger partial charge >= 0.3 is 0 Å². The van der Waals surface area contributed by atoms with Gasteiger partial charge in [-0.3, -0.25) is 0 Å². The number of hydrogen-bond donors (Lipinski definition) is 0. The number of fused-ring (bicyclic) bond motifs is 9. The van der Waals surface area contributed by atoms with Crippen molar-refractivity contribution in [3.8, 4) is 44.5 Å². The van der Waals surface area contributed by atoms with Gasteiger partial charge in [0.05, 0.1) is 5.41 Å². The molecule has 68 heavy (non-hydrogen) atoms. The predicted octanol–water partition coefficient (Wildman–Crippen LogP) is 18.0. The summed E-state index contributed by atoms with van der Waals surface area (Å²) in [6, 6.07) is 101. The number of anilines is 3. The lowest BCUT2D eigenvalue weighted by Crippen LogP contribution is -2.28. The zero-order valence-corrected chi connectivity index (χ0v) is 37.4. The molecule has 0 heterocycles. The van der Waals surface area contributed by atoms with Crippen molar-refractivity contribution < 1.29 is 0 Å². The summed E-state index contributed by atoms with van der Waals surface area (Å²) in [4.78, 5) is 2.38. The van der Waals surface area contributed by atoms with Crippen LogP contribution in [-0.2, 0) is 5.41 Å². The molecule has 0 aliphatic heterocycles. The van der Waals surface area contributed by atoms with E-state index in [4.69, 9.17) is 0 Å². The van der Waals surface area contributed by atoms with Gasteiger partial charge in [-0.05, 0) is 148 Å². The first-order chi connectivity index (χ1) is 33.7. The molecule has 0 bridgehead atoms. The highest BCUT2D eigenvalue weighted by molar-refractivity contribution is 6.25. The fourth-order valence-corrected chi connectivity index (χ4v) is 11.2. The lowest BCUT2D eigenvalue weighted by molar-refractivity contribution is 0.769. The van der Waals surface area contributed by atoms with Crippen molar-refractivity contribution in [1.82, 2.24) is 0 Å². The van der Waals surface area contributed by atoms with Crippen LogP contribution in [0.5, 0.6) is 0 Å². The summed E-state index contributed by atoms with van der Waals surface area (Å²) in [6.45, 7) is 0. The van der Waals surface area contributed by atoms with Gasteiger partial charge in [-0.25, -0.2) is 0 Å². The van der Waals surface area contributed by atoms with Gasteiger partial charge in [0.15, 0.2) is 0 Å². The Labute approximate surface area is 397 Å². The van der Waals surface area contributed by atoms with Crippen molar-refractivity contribution in [1.29, 1.82) is 0 Å². The number of benzene rings is 12. The summed E-state index contributed by atoms with van der Waals surface area (Å²) in [5.74, 6) is 0. The largest absolute Gasteiger partial charge is 0.311 e. The quantitative estimate of drug-likeness (QED) is 0.138. The molecule has 0 spiro atoms.